The lowest BCUT2D eigenvalue weighted by atomic mass is 9.65. The summed E-state index contributed by atoms with van der Waals surface area (Å²) in [4.78, 5) is 0. The summed E-state index contributed by atoms with van der Waals surface area (Å²) in [5.74, 6) is 0. The van der Waals surface area contributed by atoms with E-state index in [0.29, 0.717) is 0 Å². The van der Waals surface area contributed by atoms with Crippen LogP contribution in [0.25, 0.3) is 45.2 Å². The molecule has 6 aromatic rings. The molecular weight excluding hydrogens is 527 g/mol. The van der Waals surface area contributed by atoms with Gasteiger partial charge in [0.15, 0.2) is 0 Å². The van der Waals surface area contributed by atoms with Gasteiger partial charge in [-0.25, -0.2) is 0 Å². The zero-order chi connectivity index (χ0) is 29.1. The zero-order valence-electron chi connectivity index (χ0n) is 24.8. The fourth-order valence-corrected chi connectivity index (χ4v) is 7.66. The molecule has 3 aliphatic rings. The largest absolute Gasteiger partial charge is 0.494 e. The van der Waals surface area contributed by atoms with E-state index in [-0.39, 0.29) is 0 Å². The highest BCUT2D eigenvalue weighted by molar-refractivity contribution is 6.62. The van der Waals surface area contributed by atoms with Gasteiger partial charge in [0, 0.05) is 10.8 Å². The summed E-state index contributed by atoms with van der Waals surface area (Å²) in [5.41, 5.74) is 11.6. The van der Waals surface area contributed by atoms with Crippen LogP contribution in [0.3, 0.4) is 0 Å². The van der Waals surface area contributed by atoms with E-state index in [0.717, 1.165) is 22.0 Å². The monoisotopic (exact) mass is 558 g/mol. The summed E-state index contributed by atoms with van der Waals surface area (Å²) in [6.07, 6.45) is 4.54. The first kappa shape index (κ1) is 25.2. The molecule has 0 bridgehead atoms. The molecule has 1 saturated heterocycles. The molecule has 1 unspecified atom stereocenters. The number of rotatable bonds is 1. The predicted octanol–water partition coefficient (Wildman–Crippen LogP) is 8.73. The van der Waals surface area contributed by atoms with Crippen molar-refractivity contribution in [3.05, 3.63) is 137 Å². The lowest BCUT2D eigenvalue weighted by molar-refractivity contribution is 0.00578. The van der Waals surface area contributed by atoms with Crippen LogP contribution in [0.15, 0.2) is 108 Å². The van der Waals surface area contributed by atoms with Gasteiger partial charge < -0.3 is 13.7 Å². The predicted molar refractivity (Wildman–Crippen MR) is 176 cm³/mol. The molecule has 2 aliphatic carbocycles. The topological polar surface area (TPSA) is 31.6 Å². The Bertz CT molecular complexity index is 2150. The average molecular weight is 558 g/mol. The Morgan fingerprint density at radius 2 is 1.21 bits per heavy atom. The Kier molecular flexibility index (Phi) is 4.90. The van der Waals surface area contributed by atoms with Crippen LogP contribution in [0, 0.1) is 0 Å². The molecule has 2 heterocycles. The summed E-state index contributed by atoms with van der Waals surface area (Å²) in [5, 5.41) is 2.33. The zero-order valence-corrected chi connectivity index (χ0v) is 24.8. The number of furan rings is 1. The standard InChI is InChI=1S/C39H31BO3/c1-37(2)38(3,4)43-40(42-37)26-19-20-30-25(23-26)18-17-24-11-5-8-14-29(24)39(30)31-15-9-6-12-27(31)35-32(39)21-22-34-36(35)28-13-7-10-16-33(28)41-34/h5-23H,1-4H3. The summed E-state index contributed by atoms with van der Waals surface area (Å²) in [7, 11) is -0.426. The van der Waals surface area contributed by atoms with E-state index >= 15 is 0 Å². The van der Waals surface area contributed by atoms with Crippen LogP contribution in [0.1, 0.15) is 61.1 Å². The number of fused-ring (bicyclic) bond motifs is 13. The molecule has 4 heteroatoms. The van der Waals surface area contributed by atoms with Crippen molar-refractivity contribution in [1.29, 1.82) is 0 Å². The molecule has 1 atom stereocenters. The second-order valence-corrected chi connectivity index (χ2v) is 13.1. The Hall–Kier alpha value is -4.38. The van der Waals surface area contributed by atoms with Gasteiger partial charge in [-0.1, -0.05) is 103 Å². The third-order valence-corrected chi connectivity index (χ3v) is 10.4. The molecule has 1 aromatic heterocycles. The van der Waals surface area contributed by atoms with Crippen LogP contribution in [-0.2, 0) is 14.7 Å². The first-order valence-electron chi connectivity index (χ1n) is 15.1. The number of hydrogen-bond donors (Lipinski definition) is 0. The van der Waals surface area contributed by atoms with Crippen molar-refractivity contribution in [2.24, 2.45) is 0 Å². The minimum atomic E-state index is -0.512. The summed E-state index contributed by atoms with van der Waals surface area (Å²) in [6, 6.07) is 37.4. The van der Waals surface area contributed by atoms with Crippen LogP contribution in [0.2, 0.25) is 0 Å². The molecule has 0 saturated carbocycles. The first-order chi connectivity index (χ1) is 20.8. The van der Waals surface area contributed by atoms with Crippen molar-refractivity contribution in [2.75, 3.05) is 0 Å². The molecule has 9 rings (SSSR count). The Balaban J connectivity index is 1.38. The fraction of sp³-hybridized carbons (Fsp3) is 0.179. The first-order valence-corrected chi connectivity index (χ1v) is 15.1. The van der Waals surface area contributed by atoms with Crippen molar-refractivity contribution < 1.29 is 13.7 Å². The molecule has 0 amide bonds. The lowest BCUT2D eigenvalue weighted by Crippen LogP contribution is -2.41. The van der Waals surface area contributed by atoms with E-state index in [2.05, 4.69) is 137 Å². The molecule has 1 aliphatic heterocycles. The Labute approximate surface area is 251 Å². The van der Waals surface area contributed by atoms with Crippen molar-refractivity contribution in [3.63, 3.8) is 0 Å². The molecule has 43 heavy (non-hydrogen) atoms. The SMILES string of the molecule is CC1(C)OB(c2ccc3c(c2)C=Cc2ccccc2C32c3ccccc3-c3c2ccc2oc4ccccc4c32)OC1(C)C. The highest BCUT2D eigenvalue weighted by Crippen LogP contribution is 2.60. The van der Waals surface area contributed by atoms with E-state index in [4.69, 9.17) is 13.7 Å². The number of para-hydroxylation sites is 1. The molecular formula is C39H31BO3. The van der Waals surface area contributed by atoms with Crippen LogP contribution in [0.4, 0.5) is 0 Å². The fourth-order valence-electron chi connectivity index (χ4n) is 7.66. The quantitative estimate of drug-likeness (QED) is 0.189. The van der Waals surface area contributed by atoms with Gasteiger partial charge in [-0.2, -0.15) is 0 Å². The van der Waals surface area contributed by atoms with Gasteiger partial charge >= 0.3 is 7.12 Å². The number of benzene rings is 5. The molecule has 5 aromatic carbocycles. The van der Waals surface area contributed by atoms with E-state index in [1.807, 2.05) is 6.07 Å². The van der Waals surface area contributed by atoms with Gasteiger partial charge in [0.05, 0.1) is 16.6 Å². The highest BCUT2D eigenvalue weighted by Gasteiger charge is 2.53. The van der Waals surface area contributed by atoms with Crippen LogP contribution in [0.5, 0.6) is 0 Å². The number of hydrogen-bond acceptors (Lipinski definition) is 3. The van der Waals surface area contributed by atoms with Gasteiger partial charge in [-0.15, -0.1) is 0 Å². The third kappa shape index (κ3) is 3.18. The second kappa shape index (κ2) is 8.38. The maximum atomic E-state index is 6.49. The summed E-state index contributed by atoms with van der Waals surface area (Å²) >= 11 is 0. The van der Waals surface area contributed by atoms with Crippen LogP contribution >= 0.6 is 0 Å². The van der Waals surface area contributed by atoms with Crippen molar-refractivity contribution >= 4 is 46.7 Å². The van der Waals surface area contributed by atoms with Gasteiger partial charge in [0.2, 0.25) is 0 Å². The molecule has 3 nitrogen and oxygen atoms in total. The average Bonchev–Trinajstić information content (AvgIpc) is 3.56. The molecule has 1 fully saturated rings. The third-order valence-electron chi connectivity index (χ3n) is 10.4. The molecule has 0 N–H and O–H groups in total. The van der Waals surface area contributed by atoms with Gasteiger partial charge in [0.25, 0.3) is 0 Å². The van der Waals surface area contributed by atoms with Gasteiger partial charge in [0.1, 0.15) is 11.2 Å². The molecule has 0 radical (unpaired) electrons. The van der Waals surface area contributed by atoms with Crippen molar-refractivity contribution in [1.82, 2.24) is 0 Å². The smallest absolute Gasteiger partial charge is 0.456 e. The lowest BCUT2D eigenvalue weighted by Gasteiger charge is -2.35. The maximum absolute atomic E-state index is 6.49. The molecule has 208 valence electrons. The Morgan fingerprint density at radius 3 is 2.05 bits per heavy atom. The van der Waals surface area contributed by atoms with Gasteiger partial charge in [-0.3, -0.25) is 0 Å². The Morgan fingerprint density at radius 1 is 0.558 bits per heavy atom. The van der Waals surface area contributed by atoms with E-state index in [1.165, 1.54) is 49.9 Å². The highest BCUT2D eigenvalue weighted by atomic mass is 16.7. The minimum Gasteiger partial charge on any atom is -0.456 e. The normalized spacial score (nSPS) is 20.7. The maximum Gasteiger partial charge on any atom is 0.494 e. The summed E-state index contributed by atoms with van der Waals surface area (Å²) in [6.45, 7) is 8.42. The second-order valence-electron chi connectivity index (χ2n) is 13.1. The molecule has 1 spiro atoms. The van der Waals surface area contributed by atoms with E-state index < -0.39 is 23.7 Å². The van der Waals surface area contributed by atoms with Crippen LogP contribution in [-0.4, -0.2) is 18.3 Å². The minimum absolute atomic E-state index is 0.403. The van der Waals surface area contributed by atoms with Crippen molar-refractivity contribution in [3.8, 4) is 11.1 Å². The van der Waals surface area contributed by atoms with Crippen LogP contribution < -0.4 is 5.46 Å². The van der Waals surface area contributed by atoms with E-state index in [1.54, 1.807) is 0 Å². The summed E-state index contributed by atoms with van der Waals surface area (Å²) < 4.78 is 19.4. The van der Waals surface area contributed by atoms with Crippen molar-refractivity contribution in [2.45, 2.75) is 44.3 Å². The van der Waals surface area contributed by atoms with E-state index in [9.17, 15) is 0 Å². The van der Waals surface area contributed by atoms with Gasteiger partial charge in [-0.05, 0) is 89.8 Å².